The molecule has 0 unspecified atom stereocenters. The van der Waals surface area contributed by atoms with Gasteiger partial charge in [-0.2, -0.15) is 0 Å². The third kappa shape index (κ3) is 4.28. The molecular weight excluding hydrogens is 378 g/mol. The SMILES string of the molecule is CC(C)n1cnc2cc(C(=O)Nc3ccc(OC(F)(F)Cl)cc3)cc(N)c21. The van der Waals surface area contributed by atoms with Crippen molar-refractivity contribution in [3.63, 3.8) is 0 Å². The molecule has 0 bridgehead atoms. The van der Waals surface area contributed by atoms with Gasteiger partial charge in [0.15, 0.2) is 0 Å². The summed E-state index contributed by atoms with van der Waals surface area (Å²) in [6.45, 7) is 4.02. The van der Waals surface area contributed by atoms with Gasteiger partial charge in [-0.15, -0.1) is 8.78 Å². The number of nitrogens with zero attached hydrogens (tertiary/aromatic N) is 2. The van der Waals surface area contributed by atoms with Crippen molar-refractivity contribution >= 4 is 39.9 Å². The summed E-state index contributed by atoms with van der Waals surface area (Å²) in [7, 11) is 0. The number of alkyl halides is 3. The van der Waals surface area contributed by atoms with Crippen molar-refractivity contribution in [1.29, 1.82) is 0 Å². The minimum absolute atomic E-state index is 0.127. The molecule has 0 aliphatic carbocycles. The molecule has 1 heterocycles. The Hall–Kier alpha value is -2.87. The highest BCUT2D eigenvalue weighted by Gasteiger charge is 2.27. The number of nitrogen functional groups attached to an aromatic ring is 1. The van der Waals surface area contributed by atoms with E-state index in [4.69, 9.17) is 17.3 Å². The largest absolute Gasteiger partial charge is 0.487 e. The lowest BCUT2D eigenvalue weighted by molar-refractivity contribution is -0.0964. The fourth-order valence-electron chi connectivity index (χ4n) is 2.67. The summed E-state index contributed by atoms with van der Waals surface area (Å²) in [5, 5.41) is 2.66. The summed E-state index contributed by atoms with van der Waals surface area (Å²) in [5.74, 6) is -0.531. The van der Waals surface area contributed by atoms with E-state index in [1.807, 2.05) is 18.4 Å². The molecule has 142 valence electrons. The fourth-order valence-corrected chi connectivity index (χ4v) is 2.76. The Morgan fingerprint density at radius 1 is 1.30 bits per heavy atom. The first-order chi connectivity index (χ1) is 12.6. The standard InChI is InChI=1S/C18H17ClF2N4O2/c1-10(2)25-9-23-15-8-11(7-14(22)16(15)25)17(26)24-12-3-5-13(6-4-12)27-18(19,20)21/h3-10H,22H2,1-2H3,(H,24,26). The number of ether oxygens (including phenoxy) is 1. The predicted octanol–water partition coefficient (Wildman–Crippen LogP) is 4.62. The van der Waals surface area contributed by atoms with Crippen LogP contribution in [0.4, 0.5) is 20.2 Å². The fraction of sp³-hybridized carbons (Fsp3) is 0.222. The minimum Gasteiger partial charge on any atom is -0.420 e. The number of aromatic nitrogens is 2. The van der Waals surface area contributed by atoms with Gasteiger partial charge in [-0.25, -0.2) is 4.98 Å². The number of hydrogen-bond acceptors (Lipinski definition) is 4. The van der Waals surface area contributed by atoms with Crippen LogP contribution in [0, 0.1) is 0 Å². The van der Waals surface area contributed by atoms with Gasteiger partial charge >= 0.3 is 5.57 Å². The number of hydrogen-bond donors (Lipinski definition) is 2. The van der Waals surface area contributed by atoms with Gasteiger partial charge in [-0.3, -0.25) is 4.79 Å². The summed E-state index contributed by atoms with van der Waals surface area (Å²) in [4.78, 5) is 16.8. The Morgan fingerprint density at radius 3 is 2.56 bits per heavy atom. The van der Waals surface area contributed by atoms with Crippen molar-refractivity contribution in [3.05, 3.63) is 48.3 Å². The minimum atomic E-state index is -3.79. The summed E-state index contributed by atoms with van der Waals surface area (Å²) >= 11 is 4.71. The number of anilines is 2. The molecule has 9 heteroatoms. The number of halogens is 3. The highest BCUT2D eigenvalue weighted by molar-refractivity contribution is 6.20. The molecule has 0 aliphatic heterocycles. The van der Waals surface area contributed by atoms with E-state index in [-0.39, 0.29) is 11.8 Å². The van der Waals surface area contributed by atoms with Gasteiger partial charge in [-0.05, 0) is 50.2 Å². The van der Waals surface area contributed by atoms with Gasteiger partial charge < -0.3 is 20.4 Å². The molecule has 3 N–H and O–H groups in total. The first-order valence-electron chi connectivity index (χ1n) is 8.07. The van der Waals surface area contributed by atoms with E-state index in [2.05, 4.69) is 15.0 Å². The second kappa shape index (κ2) is 7.03. The maximum Gasteiger partial charge on any atom is 0.487 e. The third-order valence-corrected chi connectivity index (χ3v) is 3.94. The number of fused-ring (bicyclic) bond motifs is 1. The lowest BCUT2D eigenvalue weighted by atomic mass is 10.1. The van der Waals surface area contributed by atoms with E-state index < -0.39 is 11.5 Å². The monoisotopic (exact) mass is 394 g/mol. The lowest BCUT2D eigenvalue weighted by Gasteiger charge is -2.12. The topological polar surface area (TPSA) is 82.2 Å². The Kier molecular flexibility index (Phi) is 4.93. The van der Waals surface area contributed by atoms with E-state index in [1.165, 1.54) is 24.3 Å². The first-order valence-corrected chi connectivity index (χ1v) is 8.45. The van der Waals surface area contributed by atoms with Gasteiger partial charge in [-0.1, -0.05) is 0 Å². The number of benzene rings is 2. The molecule has 0 radical (unpaired) electrons. The van der Waals surface area contributed by atoms with Gasteiger partial charge in [0.2, 0.25) is 0 Å². The Bertz CT molecular complexity index is 981. The Labute approximate surface area is 158 Å². The first kappa shape index (κ1) is 18.9. The van der Waals surface area contributed by atoms with Crippen molar-refractivity contribution in [2.45, 2.75) is 25.5 Å². The second-order valence-corrected chi connectivity index (χ2v) is 6.65. The molecule has 6 nitrogen and oxygen atoms in total. The van der Waals surface area contributed by atoms with Gasteiger partial charge in [0.25, 0.3) is 5.91 Å². The molecule has 3 aromatic rings. The van der Waals surface area contributed by atoms with Crippen molar-refractivity contribution in [2.75, 3.05) is 11.1 Å². The normalized spacial score (nSPS) is 11.8. The molecule has 0 spiro atoms. The molecule has 0 fully saturated rings. The van der Waals surface area contributed by atoms with Crippen molar-refractivity contribution in [2.24, 2.45) is 0 Å². The zero-order valence-corrected chi connectivity index (χ0v) is 15.3. The predicted molar refractivity (Wildman–Crippen MR) is 100 cm³/mol. The molecule has 0 saturated carbocycles. The van der Waals surface area contributed by atoms with Crippen molar-refractivity contribution < 1.29 is 18.3 Å². The lowest BCUT2D eigenvalue weighted by Crippen LogP contribution is -2.16. The van der Waals surface area contributed by atoms with E-state index in [0.717, 1.165) is 5.52 Å². The maximum atomic E-state index is 12.6. The van der Waals surface area contributed by atoms with Crippen LogP contribution >= 0.6 is 11.6 Å². The molecule has 27 heavy (non-hydrogen) atoms. The molecule has 1 amide bonds. The average Bonchev–Trinajstić information content (AvgIpc) is 3.00. The molecule has 1 aromatic heterocycles. The molecule has 0 atom stereocenters. The maximum absolute atomic E-state index is 12.6. The van der Waals surface area contributed by atoms with Crippen LogP contribution in [0.3, 0.4) is 0 Å². The van der Waals surface area contributed by atoms with Crippen LogP contribution in [0.15, 0.2) is 42.7 Å². The Balaban J connectivity index is 1.80. The van der Waals surface area contributed by atoms with E-state index in [0.29, 0.717) is 22.5 Å². The summed E-state index contributed by atoms with van der Waals surface area (Å²) in [6, 6.07) is 8.78. The van der Waals surface area contributed by atoms with Gasteiger partial charge in [0, 0.05) is 28.9 Å². The van der Waals surface area contributed by atoms with Gasteiger partial charge in [0.05, 0.1) is 23.0 Å². The van der Waals surface area contributed by atoms with Crippen LogP contribution in [0.25, 0.3) is 11.0 Å². The molecule has 2 aromatic carbocycles. The van der Waals surface area contributed by atoms with Crippen molar-refractivity contribution in [1.82, 2.24) is 9.55 Å². The van der Waals surface area contributed by atoms with Crippen LogP contribution in [-0.4, -0.2) is 21.0 Å². The average molecular weight is 395 g/mol. The molecule has 3 rings (SSSR count). The second-order valence-electron chi connectivity index (χ2n) is 6.21. The van der Waals surface area contributed by atoms with Crippen LogP contribution in [0.5, 0.6) is 5.75 Å². The van der Waals surface area contributed by atoms with E-state index in [9.17, 15) is 13.6 Å². The van der Waals surface area contributed by atoms with Crippen LogP contribution in [0.2, 0.25) is 0 Å². The summed E-state index contributed by atoms with van der Waals surface area (Å²) in [5.41, 5.74) is 4.87. The van der Waals surface area contributed by atoms with Crippen LogP contribution in [-0.2, 0) is 0 Å². The Morgan fingerprint density at radius 2 is 1.96 bits per heavy atom. The zero-order valence-electron chi connectivity index (χ0n) is 14.5. The highest BCUT2D eigenvalue weighted by atomic mass is 35.5. The summed E-state index contributed by atoms with van der Waals surface area (Å²) < 4.78 is 31.4. The van der Waals surface area contributed by atoms with Crippen LogP contribution < -0.4 is 15.8 Å². The number of amides is 1. The number of nitrogens with two attached hydrogens (primary N) is 1. The van der Waals surface area contributed by atoms with Crippen molar-refractivity contribution in [3.8, 4) is 5.75 Å². The zero-order chi connectivity index (χ0) is 19.8. The van der Waals surface area contributed by atoms with E-state index in [1.54, 1.807) is 18.5 Å². The smallest absolute Gasteiger partial charge is 0.420 e. The van der Waals surface area contributed by atoms with Gasteiger partial charge in [0.1, 0.15) is 5.75 Å². The summed E-state index contributed by atoms with van der Waals surface area (Å²) in [6.07, 6.45) is 1.68. The quantitative estimate of drug-likeness (QED) is 0.488. The highest BCUT2D eigenvalue weighted by Crippen LogP contribution is 2.27. The number of imidazole rings is 1. The third-order valence-electron chi connectivity index (χ3n) is 3.86. The number of carbonyl (C=O) groups is 1. The van der Waals surface area contributed by atoms with E-state index >= 15 is 0 Å². The van der Waals surface area contributed by atoms with Crippen LogP contribution in [0.1, 0.15) is 30.2 Å². The molecule has 0 aliphatic rings. The molecule has 0 saturated heterocycles. The number of nitrogens with one attached hydrogen (secondary N) is 1. The number of rotatable bonds is 5. The molecular formula is C18H17ClF2N4O2. The number of carbonyl (C=O) groups excluding carboxylic acids is 1.